The van der Waals surface area contributed by atoms with Crippen LogP contribution in [0.5, 0.6) is 0 Å². The molecule has 1 aliphatic carbocycles. The SMILES string of the molecule is O=C(COCCC1CCC1)c1cccc(F)c1. The van der Waals surface area contributed by atoms with Crippen molar-refractivity contribution in [2.24, 2.45) is 5.92 Å². The van der Waals surface area contributed by atoms with E-state index < -0.39 is 0 Å². The summed E-state index contributed by atoms with van der Waals surface area (Å²) in [5.74, 6) is 0.252. The van der Waals surface area contributed by atoms with Crippen LogP contribution in [0.3, 0.4) is 0 Å². The fraction of sp³-hybridized carbons (Fsp3) is 0.500. The van der Waals surface area contributed by atoms with Crippen molar-refractivity contribution in [2.75, 3.05) is 13.2 Å². The summed E-state index contributed by atoms with van der Waals surface area (Å²) >= 11 is 0. The van der Waals surface area contributed by atoms with Crippen LogP contribution in [0.25, 0.3) is 0 Å². The zero-order chi connectivity index (χ0) is 12.1. The van der Waals surface area contributed by atoms with E-state index in [0.29, 0.717) is 12.2 Å². The molecule has 0 saturated heterocycles. The molecular formula is C14H17FO2. The molecule has 0 amide bonds. The molecule has 0 atom stereocenters. The van der Waals surface area contributed by atoms with Crippen molar-refractivity contribution >= 4 is 5.78 Å². The highest BCUT2D eigenvalue weighted by Crippen LogP contribution is 2.29. The standard InChI is InChI=1S/C14H17FO2/c15-13-6-2-5-12(9-13)14(16)10-17-8-7-11-3-1-4-11/h2,5-6,9,11H,1,3-4,7-8,10H2. The second kappa shape index (κ2) is 5.92. The van der Waals surface area contributed by atoms with Crippen molar-refractivity contribution in [1.29, 1.82) is 0 Å². The van der Waals surface area contributed by atoms with Crippen LogP contribution < -0.4 is 0 Å². The molecule has 2 rings (SSSR count). The lowest BCUT2D eigenvalue weighted by Gasteiger charge is -2.24. The zero-order valence-corrected chi connectivity index (χ0v) is 9.82. The molecule has 1 saturated carbocycles. The van der Waals surface area contributed by atoms with Crippen molar-refractivity contribution in [3.05, 3.63) is 35.6 Å². The predicted molar refractivity (Wildman–Crippen MR) is 63.5 cm³/mol. The Morgan fingerprint density at radius 3 is 2.88 bits per heavy atom. The van der Waals surface area contributed by atoms with Gasteiger partial charge < -0.3 is 4.74 Å². The van der Waals surface area contributed by atoms with Crippen LogP contribution in [-0.2, 0) is 4.74 Å². The van der Waals surface area contributed by atoms with Crippen LogP contribution >= 0.6 is 0 Å². The fourth-order valence-corrected chi connectivity index (χ4v) is 1.94. The predicted octanol–water partition coefficient (Wildman–Crippen LogP) is 3.22. The summed E-state index contributed by atoms with van der Waals surface area (Å²) in [5.41, 5.74) is 0.383. The molecule has 0 spiro atoms. The third-order valence-electron chi connectivity index (χ3n) is 3.27. The first-order chi connectivity index (χ1) is 8.25. The van der Waals surface area contributed by atoms with Gasteiger partial charge >= 0.3 is 0 Å². The summed E-state index contributed by atoms with van der Waals surface area (Å²) in [7, 11) is 0. The summed E-state index contributed by atoms with van der Waals surface area (Å²) in [6.07, 6.45) is 4.95. The van der Waals surface area contributed by atoms with Gasteiger partial charge in [-0.25, -0.2) is 4.39 Å². The maximum Gasteiger partial charge on any atom is 0.188 e. The number of carbonyl (C=O) groups is 1. The van der Waals surface area contributed by atoms with Crippen molar-refractivity contribution in [3.8, 4) is 0 Å². The topological polar surface area (TPSA) is 26.3 Å². The number of hydrogen-bond acceptors (Lipinski definition) is 2. The third kappa shape index (κ3) is 3.63. The second-order valence-electron chi connectivity index (χ2n) is 4.57. The molecule has 92 valence electrons. The Morgan fingerprint density at radius 2 is 2.24 bits per heavy atom. The van der Waals surface area contributed by atoms with Gasteiger partial charge in [-0.3, -0.25) is 4.79 Å². The Bertz CT molecular complexity index is 386. The molecule has 17 heavy (non-hydrogen) atoms. The first kappa shape index (κ1) is 12.2. The van der Waals surface area contributed by atoms with Gasteiger partial charge in [-0.1, -0.05) is 31.4 Å². The van der Waals surface area contributed by atoms with E-state index >= 15 is 0 Å². The van der Waals surface area contributed by atoms with Crippen molar-refractivity contribution in [3.63, 3.8) is 0 Å². The maximum atomic E-state index is 12.9. The van der Waals surface area contributed by atoms with E-state index in [9.17, 15) is 9.18 Å². The van der Waals surface area contributed by atoms with Gasteiger partial charge in [0.25, 0.3) is 0 Å². The number of hydrogen-bond donors (Lipinski definition) is 0. The number of ketones is 1. The van der Waals surface area contributed by atoms with Gasteiger partial charge in [0, 0.05) is 12.2 Å². The van der Waals surface area contributed by atoms with Gasteiger partial charge in [0.15, 0.2) is 5.78 Å². The van der Waals surface area contributed by atoms with Gasteiger partial charge in [0.05, 0.1) is 0 Å². The summed E-state index contributed by atoms with van der Waals surface area (Å²) in [4.78, 5) is 11.6. The van der Waals surface area contributed by atoms with E-state index in [1.807, 2.05) is 0 Å². The lowest BCUT2D eigenvalue weighted by molar-refractivity contribution is 0.0704. The Balaban J connectivity index is 1.69. The maximum absolute atomic E-state index is 12.9. The first-order valence-electron chi connectivity index (χ1n) is 6.12. The van der Waals surface area contributed by atoms with E-state index in [4.69, 9.17) is 4.74 Å². The van der Waals surface area contributed by atoms with Crippen molar-refractivity contribution in [2.45, 2.75) is 25.7 Å². The number of carbonyl (C=O) groups excluding carboxylic acids is 1. The quantitative estimate of drug-likeness (QED) is 0.560. The van der Waals surface area contributed by atoms with Crippen LogP contribution in [0.4, 0.5) is 4.39 Å². The number of ether oxygens (including phenoxy) is 1. The van der Waals surface area contributed by atoms with Crippen LogP contribution in [0, 0.1) is 11.7 Å². The average Bonchev–Trinajstić information content (AvgIpc) is 2.26. The molecule has 1 fully saturated rings. The molecule has 1 aliphatic rings. The molecule has 1 aromatic carbocycles. The van der Waals surface area contributed by atoms with Crippen molar-refractivity contribution in [1.82, 2.24) is 0 Å². The minimum absolute atomic E-state index is 0.0518. The average molecular weight is 236 g/mol. The highest BCUT2D eigenvalue weighted by atomic mass is 19.1. The molecule has 0 radical (unpaired) electrons. The van der Waals surface area contributed by atoms with Crippen LogP contribution in [-0.4, -0.2) is 19.0 Å². The summed E-state index contributed by atoms with van der Waals surface area (Å²) < 4.78 is 18.2. The van der Waals surface area contributed by atoms with E-state index in [1.54, 1.807) is 6.07 Å². The highest BCUT2D eigenvalue weighted by molar-refractivity contribution is 5.97. The Labute approximate surface area is 101 Å². The van der Waals surface area contributed by atoms with E-state index in [0.717, 1.165) is 12.3 Å². The first-order valence-corrected chi connectivity index (χ1v) is 6.12. The molecular weight excluding hydrogens is 219 g/mol. The Kier molecular flexibility index (Phi) is 4.26. The Hall–Kier alpha value is -1.22. The van der Waals surface area contributed by atoms with E-state index in [2.05, 4.69) is 0 Å². The number of halogens is 1. The van der Waals surface area contributed by atoms with Crippen LogP contribution in [0.15, 0.2) is 24.3 Å². The highest BCUT2D eigenvalue weighted by Gasteiger charge is 2.16. The minimum atomic E-state index is -0.384. The lowest BCUT2D eigenvalue weighted by Crippen LogP contribution is -2.16. The van der Waals surface area contributed by atoms with Gasteiger partial charge in [-0.15, -0.1) is 0 Å². The van der Waals surface area contributed by atoms with Gasteiger partial charge in [0.1, 0.15) is 12.4 Å². The summed E-state index contributed by atoms with van der Waals surface area (Å²) in [6.45, 7) is 0.682. The van der Waals surface area contributed by atoms with Crippen molar-refractivity contribution < 1.29 is 13.9 Å². The summed E-state index contributed by atoms with van der Waals surface area (Å²) in [6, 6.07) is 5.73. The molecule has 0 aliphatic heterocycles. The van der Waals surface area contributed by atoms with E-state index in [1.165, 1.54) is 37.5 Å². The lowest BCUT2D eigenvalue weighted by atomic mass is 9.83. The molecule has 3 heteroatoms. The molecule has 0 aromatic heterocycles. The fourth-order valence-electron chi connectivity index (χ4n) is 1.94. The normalized spacial score (nSPS) is 15.6. The number of rotatable bonds is 6. The van der Waals surface area contributed by atoms with E-state index in [-0.39, 0.29) is 18.2 Å². The molecule has 0 bridgehead atoms. The molecule has 2 nitrogen and oxygen atoms in total. The third-order valence-corrected chi connectivity index (χ3v) is 3.27. The molecule has 0 N–H and O–H groups in total. The largest absolute Gasteiger partial charge is 0.373 e. The van der Waals surface area contributed by atoms with Crippen LogP contribution in [0.1, 0.15) is 36.0 Å². The molecule has 0 heterocycles. The molecule has 1 aromatic rings. The smallest absolute Gasteiger partial charge is 0.188 e. The zero-order valence-electron chi connectivity index (χ0n) is 9.82. The minimum Gasteiger partial charge on any atom is -0.373 e. The van der Waals surface area contributed by atoms with Gasteiger partial charge in [-0.2, -0.15) is 0 Å². The summed E-state index contributed by atoms with van der Waals surface area (Å²) in [5, 5.41) is 0. The monoisotopic (exact) mass is 236 g/mol. The molecule has 0 unspecified atom stereocenters. The van der Waals surface area contributed by atoms with Gasteiger partial charge in [-0.05, 0) is 24.5 Å². The second-order valence-corrected chi connectivity index (χ2v) is 4.57. The van der Waals surface area contributed by atoms with Gasteiger partial charge in [0.2, 0.25) is 0 Å². The number of benzene rings is 1. The van der Waals surface area contributed by atoms with Crippen LogP contribution in [0.2, 0.25) is 0 Å². The Morgan fingerprint density at radius 1 is 1.41 bits per heavy atom. The number of Topliss-reactive ketones (excluding diaryl/α,β-unsaturated/α-hetero) is 1.